The smallest absolute Gasteiger partial charge is 0.133 e. The maximum absolute atomic E-state index is 13.1. The van der Waals surface area contributed by atoms with E-state index < -0.39 is 11.7 Å². The quantitative estimate of drug-likeness (QED) is 0.576. The number of hydrogen-bond donors (Lipinski definition) is 0. The minimum atomic E-state index is -0.857. The zero-order chi connectivity index (χ0) is 11.1. The Bertz CT molecular complexity index is 330. The summed E-state index contributed by atoms with van der Waals surface area (Å²) in [6.45, 7) is 13.3. The molecule has 0 unspecified atom stereocenters. The monoisotopic (exact) mass is 194 g/mol. The number of hydrogen-bond acceptors (Lipinski definition) is 0. The second-order valence-electron chi connectivity index (χ2n) is 2.54. The summed E-state index contributed by atoms with van der Waals surface area (Å²) in [4.78, 5) is 0. The highest BCUT2D eigenvalue weighted by molar-refractivity contribution is 5.47. The third-order valence-electron chi connectivity index (χ3n) is 1.39. The van der Waals surface area contributed by atoms with Gasteiger partial charge in [0.15, 0.2) is 0 Å². The van der Waals surface area contributed by atoms with Gasteiger partial charge in [-0.05, 0) is 5.57 Å². The van der Waals surface area contributed by atoms with Crippen molar-refractivity contribution in [1.82, 2.24) is 0 Å². The van der Waals surface area contributed by atoms with Gasteiger partial charge in [0.1, 0.15) is 11.7 Å². The Labute approximate surface area is 82.9 Å². The summed E-state index contributed by atoms with van der Waals surface area (Å²) in [6.07, 6.45) is 5.30. The van der Waals surface area contributed by atoms with Crippen molar-refractivity contribution in [1.29, 1.82) is 0 Å². The Hall–Kier alpha value is -1.70. The largest absolute Gasteiger partial charge is 0.208 e. The van der Waals surface area contributed by atoms with Gasteiger partial charge in [-0.2, -0.15) is 0 Å². The van der Waals surface area contributed by atoms with Gasteiger partial charge in [-0.15, -0.1) is 0 Å². The molecule has 0 radical (unpaired) electrons. The lowest BCUT2D eigenvalue weighted by molar-refractivity contribution is 0.627. The summed E-state index contributed by atoms with van der Waals surface area (Å²) in [5.41, 5.74) is 0.391. The zero-order valence-corrected chi connectivity index (χ0v) is 7.89. The maximum atomic E-state index is 13.1. The Morgan fingerprint density at radius 2 is 1.64 bits per heavy atom. The van der Waals surface area contributed by atoms with Gasteiger partial charge in [-0.3, -0.25) is 0 Å². The lowest BCUT2D eigenvalue weighted by atomic mass is 10.1. The molecule has 0 fully saturated rings. The van der Waals surface area contributed by atoms with Crippen LogP contribution in [-0.4, -0.2) is 0 Å². The molecule has 0 bridgehead atoms. The summed E-state index contributed by atoms with van der Waals surface area (Å²) >= 11 is 0. The molecule has 0 saturated carbocycles. The summed E-state index contributed by atoms with van der Waals surface area (Å²) in [7, 11) is 0. The summed E-state index contributed by atoms with van der Waals surface area (Å²) in [5.74, 6) is -1.64. The predicted molar refractivity (Wildman–Crippen MR) is 57.1 cm³/mol. The van der Waals surface area contributed by atoms with Crippen LogP contribution >= 0.6 is 0 Å². The Morgan fingerprint density at radius 3 is 2.07 bits per heavy atom. The van der Waals surface area contributed by atoms with Gasteiger partial charge < -0.3 is 0 Å². The molecule has 0 aromatic rings. The fourth-order valence-electron chi connectivity index (χ4n) is 0.663. The van der Waals surface area contributed by atoms with Gasteiger partial charge in [-0.1, -0.05) is 44.5 Å². The highest BCUT2D eigenvalue weighted by atomic mass is 19.1. The number of allylic oxidation sites excluding steroid dienone is 8. The SMILES string of the molecule is C=CC=CC(=C)C(=C)C(F)=CC(=C)F. The molecular weight excluding hydrogens is 182 g/mol. The normalized spacial score (nSPS) is 11.4. The Kier molecular flexibility index (Phi) is 5.15. The molecule has 0 aliphatic rings. The lowest BCUT2D eigenvalue weighted by Gasteiger charge is -2.01. The van der Waals surface area contributed by atoms with Gasteiger partial charge in [-0.25, -0.2) is 8.78 Å². The molecular formula is C12H12F2. The summed E-state index contributed by atoms with van der Waals surface area (Å²) < 4.78 is 25.3. The molecule has 0 aromatic carbocycles. The lowest BCUT2D eigenvalue weighted by Crippen LogP contribution is -1.84. The first kappa shape index (κ1) is 12.3. The molecule has 14 heavy (non-hydrogen) atoms. The van der Waals surface area contributed by atoms with Crippen molar-refractivity contribution in [2.75, 3.05) is 0 Å². The fraction of sp³-hybridized carbons (Fsp3) is 0. The van der Waals surface area contributed by atoms with Crippen molar-refractivity contribution in [2.24, 2.45) is 0 Å². The van der Waals surface area contributed by atoms with E-state index in [0.29, 0.717) is 11.6 Å². The maximum Gasteiger partial charge on any atom is 0.133 e. The van der Waals surface area contributed by atoms with Crippen LogP contribution in [0.15, 0.2) is 73.4 Å². The highest BCUT2D eigenvalue weighted by Gasteiger charge is 2.03. The van der Waals surface area contributed by atoms with E-state index in [1.165, 1.54) is 12.2 Å². The molecule has 0 saturated heterocycles. The molecule has 0 aliphatic carbocycles. The number of halogens is 2. The van der Waals surface area contributed by atoms with Crippen molar-refractivity contribution < 1.29 is 8.78 Å². The fourth-order valence-corrected chi connectivity index (χ4v) is 0.663. The molecule has 0 aromatic heterocycles. The van der Waals surface area contributed by atoms with E-state index in [2.05, 4.69) is 26.3 Å². The van der Waals surface area contributed by atoms with Gasteiger partial charge in [0.25, 0.3) is 0 Å². The average molecular weight is 194 g/mol. The van der Waals surface area contributed by atoms with Crippen LogP contribution in [0.2, 0.25) is 0 Å². The molecule has 0 N–H and O–H groups in total. The van der Waals surface area contributed by atoms with E-state index in [-0.39, 0.29) is 5.57 Å². The van der Waals surface area contributed by atoms with Crippen LogP contribution in [0.4, 0.5) is 8.78 Å². The minimum absolute atomic E-state index is 0.0295. The van der Waals surface area contributed by atoms with Crippen LogP contribution in [-0.2, 0) is 0 Å². The standard InChI is InChI=1S/C12H12F2/c1-5-6-7-9(2)11(4)12(14)8-10(3)13/h5-8H,1-4H2. The average Bonchev–Trinajstić information content (AvgIpc) is 2.11. The van der Waals surface area contributed by atoms with E-state index in [9.17, 15) is 8.78 Å². The topological polar surface area (TPSA) is 0 Å². The molecule has 0 nitrogen and oxygen atoms in total. The summed E-state index contributed by atoms with van der Waals surface area (Å²) in [6, 6.07) is 0. The molecule has 74 valence electrons. The van der Waals surface area contributed by atoms with Gasteiger partial charge in [0.05, 0.1) is 0 Å². The summed E-state index contributed by atoms with van der Waals surface area (Å²) in [5, 5.41) is 0. The minimum Gasteiger partial charge on any atom is -0.208 e. The molecule has 0 aliphatic heterocycles. The van der Waals surface area contributed by atoms with E-state index in [0.717, 1.165) is 0 Å². The van der Waals surface area contributed by atoms with Crippen LogP contribution < -0.4 is 0 Å². The van der Waals surface area contributed by atoms with E-state index >= 15 is 0 Å². The van der Waals surface area contributed by atoms with Crippen LogP contribution in [0.5, 0.6) is 0 Å². The molecule has 0 heterocycles. The van der Waals surface area contributed by atoms with Crippen LogP contribution in [0.25, 0.3) is 0 Å². The van der Waals surface area contributed by atoms with Crippen molar-refractivity contribution >= 4 is 0 Å². The zero-order valence-electron chi connectivity index (χ0n) is 7.89. The second-order valence-corrected chi connectivity index (χ2v) is 2.54. The van der Waals surface area contributed by atoms with Crippen molar-refractivity contribution in [3.63, 3.8) is 0 Å². The third kappa shape index (κ3) is 4.36. The molecule has 0 spiro atoms. The van der Waals surface area contributed by atoms with Crippen molar-refractivity contribution in [3.8, 4) is 0 Å². The van der Waals surface area contributed by atoms with Gasteiger partial charge in [0.2, 0.25) is 0 Å². The molecule has 2 heteroatoms. The Balaban J connectivity index is 4.63. The van der Waals surface area contributed by atoms with Gasteiger partial charge in [0, 0.05) is 11.6 Å². The third-order valence-corrected chi connectivity index (χ3v) is 1.39. The van der Waals surface area contributed by atoms with Crippen molar-refractivity contribution in [3.05, 3.63) is 73.4 Å². The van der Waals surface area contributed by atoms with Crippen LogP contribution in [0.3, 0.4) is 0 Å². The van der Waals surface area contributed by atoms with E-state index in [1.807, 2.05) is 0 Å². The first-order chi connectivity index (χ1) is 6.49. The first-order valence-corrected chi connectivity index (χ1v) is 3.88. The van der Waals surface area contributed by atoms with Crippen molar-refractivity contribution in [2.45, 2.75) is 0 Å². The van der Waals surface area contributed by atoms with E-state index in [1.54, 1.807) is 6.08 Å². The first-order valence-electron chi connectivity index (χ1n) is 3.88. The van der Waals surface area contributed by atoms with Gasteiger partial charge >= 0.3 is 0 Å². The highest BCUT2D eigenvalue weighted by Crippen LogP contribution is 2.19. The molecule has 0 amide bonds. The van der Waals surface area contributed by atoms with Crippen LogP contribution in [0.1, 0.15) is 0 Å². The Morgan fingerprint density at radius 1 is 1.07 bits per heavy atom. The molecule has 0 atom stereocenters. The van der Waals surface area contributed by atoms with Crippen LogP contribution in [0, 0.1) is 0 Å². The predicted octanol–water partition coefficient (Wildman–Crippen LogP) is 4.18. The second kappa shape index (κ2) is 5.86. The van der Waals surface area contributed by atoms with E-state index in [4.69, 9.17) is 0 Å². The molecule has 0 rings (SSSR count). The number of rotatable bonds is 5.